The van der Waals surface area contributed by atoms with Crippen molar-refractivity contribution in [2.24, 2.45) is 0 Å². The second-order valence-corrected chi connectivity index (χ2v) is 3.34. The van der Waals surface area contributed by atoms with E-state index in [1.807, 2.05) is 0 Å². The zero-order valence-electron chi connectivity index (χ0n) is 8.63. The third kappa shape index (κ3) is 2.09. The lowest BCUT2D eigenvalue weighted by Gasteiger charge is -1.96. The SMILES string of the molecule is CNCc1cc(-c2ccc(F)c(F)c2)on1. The van der Waals surface area contributed by atoms with Crippen molar-refractivity contribution in [2.45, 2.75) is 6.54 Å². The molecule has 84 valence electrons. The van der Waals surface area contributed by atoms with Gasteiger partial charge in [0.15, 0.2) is 17.4 Å². The molecule has 0 radical (unpaired) electrons. The number of rotatable bonds is 3. The van der Waals surface area contributed by atoms with Gasteiger partial charge in [-0.1, -0.05) is 5.16 Å². The summed E-state index contributed by atoms with van der Waals surface area (Å²) in [5, 5.41) is 6.69. The van der Waals surface area contributed by atoms with Crippen LogP contribution in [0.5, 0.6) is 0 Å². The van der Waals surface area contributed by atoms with Crippen molar-refractivity contribution in [2.75, 3.05) is 7.05 Å². The quantitative estimate of drug-likeness (QED) is 0.869. The van der Waals surface area contributed by atoms with Gasteiger partial charge in [0.1, 0.15) is 0 Å². The Morgan fingerprint density at radius 2 is 2.06 bits per heavy atom. The van der Waals surface area contributed by atoms with E-state index in [1.165, 1.54) is 6.07 Å². The zero-order valence-corrected chi connectivity index (χ0v) is 8.63. The van der Waals surface area contributed by atoms with Crippen molar-refractivity contribution in [3.05, 3.63) is 41.6 Å². The fourth-order valence-electron chi connectivity index (χ4n) is 1.36. The molecule has 16 heavy (non-hydrogen) atoms. The highest BCUT2D eigenvalue weighted by Crippen LogP contribution is 2.22. The number of benzene rings is 1. The van der Waals surface area contributed by atoms with Crippen LogP contribution in [0.4, 0.5) is 8.78 Å². The van der Waals surface area contributed by atoms with E-state index >= 15 is 0 Å². The number of nitrogens with one attached hydrogen (secondary N) is 1. The van der Waals surface area contributed by atoms with Crippen LogP contribution in [0.1, 0.15) is 5.69 Å². The predicted octanol–water partition coefficient (Wildman–Crippen LogP) is 2.34. The second kappa shape index (κ2) is 4.40. The van der Waals surface area contributed by atoms with Crippen LogP contribution < -0.4 is 5.32 Å². The highest BCUT2D eigenvalue weighted by atomic mass is 19.2. The van der Waals surface area contributed by atoms with Gasteiger partial charge in [-0.3, -0.25) is 0 Å². The Kier molecular flexibility index (Phi) is 2.96. The molecule has 0 aliphatic rings. The van der Waals surface area contributed by atoms with Crippen LogP contribution in [0.15, 0.2) is 28.8 Å². The lowest BCUT2D eigenvalue weighted by molar-refractivity contribution is 0.421. The molecule has 5 heteroatoms. The molecule has 0 bridgehead atoms. The van der Waals surface area contributed by atoms with Crippen LogP contribution in [-0.2, 0) is 6.54 Å². The van der Waals surface area contributed by atoms with E-state index in [4.69, 9.17) is 4.52 Å². The molecular formula is C11H10F2N2O. The minimum Gasteiger partial charge on any atom is -0.356 e. The maximum absolute atomic E-state index is 13.0. The highest BCUT2D eigenvalue weighted by Gasteiger charge is 2.09. The summed E-state index contributed by atoms with van der Waals surface area (Å²) < 4.78 is 30.7. The number of aromatic nitrogens is 1. The molecule has 0 unspecified atom stereocenters. The molecule has 0 spiro atoms. The van der Waals surface area contributed by atoms with Crippen LogP contribution >= 0.6 is 0 Å². The van der Waals surface area contributed by atoms with Gasteiger partial charge in [-0.05, 0) is 25.2 Å². The molecule has 2 rings (SSSR count). The van der Waals surface area contributed by atoms with Gasteiger partial charge in [0.2, 0.25) is 0 Å². The molecule has 1 aromatic carbocycles. The molecule has 0 aliphatic carbocycles. The predicted molar refractivity (Wildman–Crippen MR) is 54.6 cm³/mol. The summed E-state index contributed by atoms with van der Waals surface area (Å²) in [4.78, 5) is 0. The maximum Gasteiger partial charge on any atom is 0.167 e. The molecule has 0 atom stereocenters. The van der Waals surface area contributed by atoms with Crippen LogP contribution in [0.25, 0.3) is 11.3 Å². The van der Waals surface area contributed by atoms with Gasteiger partial charge in [0.05, 0.1) is 5.69 Å². The number of hydrogen-bond donors (Lipinski definition) is 1. The van der Waals surface area contributed by atoms with Crippen molar-refractivity contribution in [1.29, 1.82) is 0 Å². The molecule has 0 fully saturated rings. The summed E-state index contributed by atoms with van der Waals surface area (Å²) in [6, 6.07) is 5.27. The van der Waals surface area contributed by atoms with Gasteiger partial charge in [-0.2, -0.15) is 0 Å². The largest absolute Gasteiger partial charge is 0.356 e. The van der Waals surface area contributed by atoms with E-state index in [9.17, 15) is 8.78 Å². The topological polar surface area (TPSA) is 38.1 Å². The monoisotopic (exact) mass is 224 g/mol. The first-order valence-corrected chi connectivity index (χ1v) is 4.76. The molecule has 1 aromatic heterocycles. The maximum atomic E-state index is 13.0. The summed E-state index contributed by atoms with van der Waals surface area (Å²) in [7, 11) is 1.78. The van der Waals surface area contributed by atoms with E-state index in [1.54, 1.807) is 13.1 Å². The Balaban J connectivity index is 2.31. The molecule has 0 saturated carbocycles. The molecule has 2 aromatic rings. The van der Waals surface area contributed by atoms with E-state index in [0.717, 1.165) is 12.1 Å². The molecule has 0 amide bonds. The fraction of sp³-hybridized carbons (Fsp3) is 0.182. The molecule has 3 nitrogen and oxygen atoms in total. The second-order valence-electron chi connectivity index (χ2n) is 3.34. The Labute approximate surface area is 91.1 Å². The van der Waals surface area contributed by atoms with E-state index in [2.05, 4.69) is 10.5 Å². The smallest absolute Gasteiger partial charge is 0.167 e. The minimum absolute atomic E-state index is 0.421. The van der Waals surface area contributed by atoms with E-state index < -0.39 is 11.6 Å². The Morgan fingerprint density at radius 1 is 1.25 bits per heavy atom. The van der Waals surface area contributed by atoms with Crippen molar-refractivity contribution >= 4 is 0 Å². The normalized spacial score (nSPS) is 10.7. The summed E-state index contributed by atoms with van der Waals surface area (Å²) >= 11 is 0. The molecule has 1 N–H and O–H groups in total. The van der Waals surface area contributed by atoms with Gasteiger partial charge in [-0.25, -0.2) is 8.78 Å². The fourth-order valence-corrected chi connectivity index (χ4v) is 1.36. The van der Waals surface area contributed by atoms with Gasteiger partial charge in [0, 0.05) is 18.2 Å². The van der Waals surface area contributed by atoms with Crippen molar-refractivity contribution < 1.29 is 13.3 Å². The summed E-state index contributed by atoms with van der Waals surface area (Å²) in [5.74, 6) is -1.35. The molecule has 1 heterocycles. The standard InChI is InChI=1S/C11H10F2N2O/c1-14-6-8-5-11(16-15-8)7-2-3-9(12)10(13)4-7/h2-5,14H,6H2,1H3. The van der Waals surface area contributed by atoms with Crippen molar-refractivity contribution in [1.82, 2.24) is 10.5 Å². The Bertz CT molecular complexity index is 496. The lowest BCUT2D eigenvalue weighted by atomic mass is 10.1. The first kappa shape index (κ1) is 10.8. The Morgan fingerprint density at radius 3 is 2.75 bits per heavy atom. The molecule has 0 aliphatic heterocycles. The molecule has 0 saturated heterocycles. The number of halogens is 2. The lowest BCUT2D eigenvalue weighted by Crippen LogP contribution is -2.04. The van der Waals surface area contributed by atoms with Crippen LogP contribution in [0.2, 0.25) is 0 Å². The Hall–Kier alpha value is -1.75. The number of hydrogen-bond acceptors (Lipinski definition) is 3. The van der Waals surface area contributed by atoms with Crippen LogP contribution in [0.3, 0.4) is 0 Å². The highest BCUT2D eigenvalue weighted by molar-refractivity contribution is 5.57. The third-order valence-electron chi connectivity index (χ3n) is 2.12. The summed E-state index contributed by atoms with van der Waals surface area (Å²) in [6.07, 6.45) is 0. The van der Waals surface area contributed by atoms with Gasteiger partial charge >= 0.3 is 0 Å². The van der Waals surface area contributed by atoms with Crippen LogP contribution in [0, 0.1) is 11.6 Å². The molecular weight excluding hydrogens is 214 g/mol. The van der Waals surface area contributed by atoms with E-state index in [0.29, 0.717) is 23.6 Å². The van der Waals surface area contributed by atoms with Crippen molar-refractivity contribution in [3.8, 4) is 11.3 Å². The average molecular weight is 224 g/mol. The zero-order chi connectivity index (χ0) is 11.5. The third-order valence-corrected chi connectivity index (χ3v) is 2.12. The summed E-state index contributed by atoms with van der Waals surface area (Å²) in [6.45, 7) is 0.563. The van der Waals surface area contributed by atoms with Crippen LogP contribution in [-0.4, -0.2) is 12.2 Å². The first-order chi connectivity index (χ1) is 7.70. The van der Waals surface area contributed by atoms with Gasteiger partial charge < -0.3 is 9.84 Å². The van der Waals surface area contributed by atoms with E-state index in [-0.39, 0.29) is 0 Å². The van der Waals surface area contributed by atoms with Crippen molar-refractivity contribution in [3.63, 3.8) is 0 Å². The summed E-state index contributed by atoms with van der Waals surface area (Å²) in [5.41, 5.74) is 1.18. The minimum atomic E-state index is -0.899. The number of nitrogens with zero attached hydrogens (tertiary/aromatic N) is 1. The van der Waals surface area contributed by atoms with Gasteiger partial charge in [-0.15, -0.1) is 0 Å². The van der Waals surface area contributed by atoms with Gasteiger partial charge in [0.25, 0.3) is 0 Å². The first-order valence-electron chi connectivity index (χ1n) is 4.76. The average Bonchev–Trinajstić information content (AvgIpc) is 2.71.